The van der Waals surface area contributed by atoms with Crippen molar-refractivity contribution < 1.29 is 33.8 Å². The van der Waals surface area contributed by atoms with E-state index in [4.69, 9.17) is 9.47 Å². The summed E-state index contributed by atoms with van der Waals surface area (Å²) in [6.07, 6.45) is 4.60. The molecule has 0 unspecified atom stereocenters. The molecule has 5 rings (SSSR count). The molecule has 4 heterocycles. The number of ether oxygens (including phenoxy) is 2. The van der Waals surface area contributed by atoms with Gasteiger partial charge in [-0.15, -0.1) is 0 Å². The third kappa shape index (κ3) is 5.65. The second-order valence-corrected chi connectivity index (χ2v) is 14.1. The monoisotopic (exact) mass is 685 g/mol. The van der Waals surface area contributed by atoms with Gasteiger partial charge in [-0.25, -0.2) is 0 Å². The van der Waals surface area contributed by atoms with E-state index in [-0.39, 0.29) is 43.3 Å². The molecule has 5 bridgehead atoms. The first-order chi connectivity index (χ1) is 21.3. The van der Waals surface area contributed by atoms with Crippen LogP contribution in [0.4, 0.5) is 0 Å². The topological polar surface area (TPSA) is 117 Å². The number of nitrogens with zero attached hydrogens (tertiary/aromatic N) is 3. The number of likely N-dealkylation sites (N-methyl/N-ethyl adjacent to an activating group) is 1. The molecule has 244 valence electrons. The largest absolute Gasteiger partial charge is 0.455 e. The highest BCUT2D eigenvalue weighted by molar-refractivity contribution is 9.11. The van der Waals surface area contributed by atoms with Gasteiger partial charge in [-0.1, -0.05) is 72.3 Å². The molecule has 2 saturated heterocycles. The number of benzene rings is 1. The first kappa shape index (κ1) is 33.3. The number of fused-ring (bicyclic) bond motifs is 2. The Labute approximate surface area is 273 Å². The highest BCUT2D eigenvalue weighted by Crippen LogP contribution is 2.59. The van der Waals surface area contributed by atoms with Gasteiger partial charge in [-0.05, 0) is 44.7 Å². The Kier molecular flexibility index (Phi) is 9.63. The number of cyclic esters (lactones) is 1. The Morgan fingerprint density at radius 3 is 2.33 bits per heavy atom. The van der Waals surface area contributed by atoms with Gasteiger partial charge < -0.3 is 29.3 Å². The summed E-state index contributed by atoms with van der Waals surface area (Å²) in [6.45, 7) is 9.34. The molecule has 8 atom stereocenters. The molecule has 4 aliphatic heterocycles. The zero-order valence-corrected chi connectivity index (χ0v) is 28.3. The van der Waals surface area contributed by atoms with E-state index >= 15 is 0 Å². The smallest absolute Gasteiger partial charge is 0.313 e. The standard InChI is InChI=1S/C34H44BrN3O7/c1-19(2)24(18-39)38-30-32(42)37(20(3)4)16-12-8-11-15-25(40)36(6)21(5)28(22-13-9-7-10-14-22)44-33(43)26-27(31(38)41)34(30)17-23(35)29(26)45-34/h7-10,12-14,17,19-21,24,26-30,39H,11,15-16,18H2,1-6H3/b12-8-/t21-,24-,26+,27-,28+,29+,30+,34-/m0/s1. The average Bonchev–Trinajstić information content (AvgIpc) is 3.60. The van der Waals surface area contributed by atoms with E-state index in [0.29, 0.717) is 16.5 Å². The van der Waals surface area contributed by atoms with Gasteiger partial charge >= 0.3 is 5.97 Å². The van der Waals surface area contributed by atoms with Crippen molar-refractivity contribution in [3.63, 3.8) is 0 Å². The van der Waals surface area contributed by atoms with Crippen LogP contribution in [0, 0.1) is 17.8 Å². The van der Waals surface area contributed by atoms with Crippen LogP contribution in [0.25, 0.3) is 0 Å². The highest BCUT2D eigenvalue weighted by atomic mass is 79.9. The minimum atomic E-state index is -1.44. The molecule has 1 aromatic carbocycles. The fraction of sp³-hybridized carbons (Fsp3) is 0.588. The van der Waals surface area contributed by atoms with Crippen molar-refractivity contribution in [3.8, 4) is 0 Å². The lowest BCUT2D eigenvalue weighted by Gasteiger charge is -2.40. The van der Waals surface area contributed by atoms with Crippen molar-refractivity contribution >= 4 is 39.6 Å². The first-order valence-corrected chi connectivity index (χ1v) is 16.6. The van der Waals surface area contributed by atoms with Crippen LogP contribution in [0.15, 0.2) is 53.0 Å². The number of halogens is 1. The van der Waals surface area contributed by atoms with Crippen LogP contribution >= 0.6 is 15.9 Å². The summed E-state index contributed by atoms with van der Waals surface area (Å²) in [5.41, 5.74) is -0.723. The number of allylic oxidation sites excluding steroid dienone is 1. The van der Waals surface area contributed by atoms with Crippen molar-refractivity contribution in [2.24, 2.45) is 17.8 Å². The molecule has 1 spiro atoms. The van der Waals surface area contributed by atoms with Crippen LogP contribution < -0.4 is 0 Å². The molecule has 1 N–H and O–H groups in total. The molecule has 45 heavy (non-hydrogen) atoms. The van der Waals surface area contributed by atoms with Crippen LogP contribution in [0.5, 0.6) is 0 Å². The van der Waals surface area contributed by atoms with E-state index in [2.05, 4.69) is 15.9 Å². The predicted octanol–water partition coefficient (Wildman–Crippen LogP) is 3.59. The molecule has 4 aliphatic rings. The first-order valence-electron chi connectivity index (χ1n) is 15.8. The predicted molar refractivity (Wildman–Crippen MR) is 171 cm³/mol. The van der Waals surface area contributed by atoms with Gasteiger partial charge in [-0.2, -0.15) is 0 Å². The summed E-state index contributed by atoms with van der Waals surface area (Å²) < 4.78 is 13.5. The summed E-state index contributed by atoms with van der Waals surface area (Å²) in [4.78, 5) is 61.6. The molecule has 2 fully saturated rings. The second-order valence-electron chi connectivity index (χ2n) is 13.2. The number of aliphatic hydroxyl groups excluding tert-OH is 1. The summed E-state index contributed by atoms with van der Waals surface area (Å²) in [5, 5.41) is 10.5. The SMILES string of the molecule is CC(C)[C@H](CO)N1C(=O)[C@@H]2[C@H]3C(=O)O[C@@H](c4ccccc4)[C@H](C)N(C)C(=O)CC/C=C\CN(C(C)C)C(=O)[C@@H]1[C@]21C=C(Br)[C@H]3O1. The molecule has 11 heteroatoms. The summed E-state index contributed by atoms with van der Waals surface area (Å²) >= 11 is 3.59. The average molecular weight is 687 g/mol. The van der Waals surface area contributed by atoms with E-state index < -0.39 is 59.6 Å². The fourth-order valence-corrected chi connectivity index (χ4v) is 8.04. The Morgan fingerprint density at radius 1 is 1.02 bits per heavy atom. The van der Waals surface area contributed by atoms with Gasteiger partial charge in [-0.3, -0.25) is 19.2 Å². The zero-order valence-electron chi connectivity index (χ0n) is 26.8. The summed E-state index contributed by atoms with van der Waals surface area (Å²) in [6, 6.07) is 6.72. The molecule has 0 aliphatic carbocycles. The van der Waals surface area contributed by atoms with Crippen LogP contribution in [-0.2, 0) is 28.7 Å². The number of amides is 3. The maximum absolute atomic E-state index is 14.6. The number of likely N-dealkylation sites (tertiary alicyclic amines) is 1. The number of hydrogen-bond donors (Lipinski definition) is 1. The normalized spacial score (nSPS) is 34.0. The highest BCUT2D eigenvalue weighted by Gasteiger charge is 2.75. The van der Waals surface area contributed by atoms with Crippen LogP contribution in [0.2, 0.25) is 0 Å². The van der Waals surface area contributed by atoms with Crippen molar-refractivity contribution in [1.29, 1.82) is 0 Å². The van der Waals surface area contributed by atoms with Gasteiger partial charge in [0.2, 0.25) is 17.7 Å². The Hall–Kier alpha value is -3.02. The van der Waals surface area contributed by atoms with Crippen molar-refractivity contribution in [2.45, 2.75) is 89.4 Å². The van der Waals surface area contributed by atoms with E-state index in [1.165, 1.54) is 4.90 Å². The maximum Gasteiger partial charge on any atom is 0.313 e. The molecule has 1 aromatic rings. The zero-order chi connectivity index (χ0) is 32.8. The minimum Gasteiger partial charge on any atom is -0.455 e. The molecule has 3 amide bonds. The number of carbonyl (C=O) groups is 4. The quantitative estimate of drug-likeness (QED) is 0.372. The third-order valence-corrected chi connectivity index (χ3v) is 10.6. The van der Waals surface area contributed by atoms with Crippen LogP contribution in [-0.4, -0.2) is 99.6 Å². The van der Waals surface area contributed by atoms with Crippen molar-refractivity contribution in [2.75, 3.05) is 20.2 Å². The van der Waals surface area contributed by atoms with E-state index in [0.717, 1.165) is 0 Å². The third-order valence-electron chi connectivity index (χ3n) is 9.90. The summed E-state index contributed by atoms with van der Waals surface area (Å²) in [5.74, 6) is -3.76. The second kappa shape index (κ2) is 13.0. The van der Waals surface area contributed by atoms with Crippen molar-refractivity contribution in [1.82, 2.24) is 14.7 Å². The fourth-order valence-electron chi connectivity index (χ4n) is 7.31. The van der Waals surface area contributed by atoms with Gasteiger partial charge in [0.1, 0.15) is 29.8 Å². The van der Waals surface area contributed by atoms with Gasteiger partial charge in [0.15, 0.2) is 0 Å². The molecule has 0 radical (unpaired) electrons. The summed E-state index contributed by atoms with van der Waals surface area (Å²) in [7, 11) is 1.70. The lowest BCUT2D eigenvalue weighted by Crippen LogP contribution is -2.60. The molecule has 0 saturated carbocycles. The van der Waals surface area contributed by atoms with Crippen molar-refractivity contribution in [3.05, 3.63) is 58.6 Å². The van der Waals surface area contributed by atoms with Gasteiger partial charge in [0.05, 0.1) is 24.6 Å². The van der Waals surface area contributed by atoms with E-state index in [9.17, 15) is 24.3 Å². The van der Waals surface area contributed by atoms with Crippen LogP contribution in [0.1, 0.15) is 59.1 Å². The lowest BCUT2D eigenvalue weighted by molar-refractivity contribution is -0.164. The molecular weight excluding hydrogens is 642 g/mol. The number of hydrogen-bond acceptors (Lipinski definition) is 7. The van der Waals surface area contributed by atoms with E-state index in [1.807, 2.05) is 77.1 Å². The lowest BCUT2D eigenvalue weighted by atomic mass is 9.74. The number of rotatable bonds is 5. The Balaban J connectivity index is 1.66. The van der Waals surface area contributed by atoms with Gasteiger partial charge in [0.25, 0.3) is 0 Å². The minimum absolute atomic E-state index is 0.105. The Bertz CT molecular complexity index is 1380. The maximum atomic E-state index is 14.6. The van der Waals surface area contributed by atoms with Crippen LogP contribution in [0.3, 0.4) is 0 Å². The molecular formula is C34H44BrN3O7. The number of esters is 1. The molecule has 10 nitrogen and oxygen atoms in total. The molecule has 0 aromatic heterocycles. The Morgan fingerprint density at radius 2 is 1.71 bits per heavy atom. The van der Waals surface area contributed by atoms with Gasteiger partial charge in [0, 0.05) is 30.5 Å². The number of carbonyl (C=O) groups excluding carboxylic acids is 4. The van der Waals surface area contributed by atoms with E-state index in [1.54, 1.807) is 22.9 Å². The number of aliphatic hydroxyl groups is 1.